The number of hydrogen-bond acceptors (Lipinski definition) is 4. The van der Waals surface area contributed by atoms with Gasteiger partial charge in [-0.3, -0.25) is 9.59 Å². The van der Waals surface area contributed by atoms with Crippen LogP contribution in [0.5, 0.6) is 5.75 Å². The Kier molecular flexibility index (Phi) is 4.98. The van der Waals surface area contributed by atoms with Crippen LogP contribution in [-0.4, -0.2) is 30.8 Å². The number of methoxy groups -OCH3 is 1. The quantitative estimate of drug-likeness (QED) is 0.471. The molecule has 1 aromatic carbocycles. The molecule has 1 atom stereocenters. The van der Waals surface area contributed by atoms with Crippen LogP contribution in [0.4, 0.5) is 0 Å². The Labute approximate surface area is 102 Å². The molecule has 0 aliphatic carbocycles. The first-order chi connectivity index (χ1) is 7.67. The van der Waals surface area contributed by atoms with Gasteiger partial charge in [0, 0.05) is 5.56 Å². The maximum atomic E-state index is 11.0. The first-order valence-corrected chi connectivity index (χ1v) is 5.49. The highest BCUT2D eigenvalue weighted by Gasteiger charge is 2.15. The molecule has 0 aliphatic heterocycles. The lowest BCUT2D eigenvalue weighted by Gasteiger charge is -2.09. The van der Waals surface area contributed by atoms with Crippen molar-refractivity contribution in [3.63, 3.8) is 0 Å². The Balaban J connectivity index is 2.48. The van der Waals surface area contributed by atoms with Crippen LogP contribution in [0, 0.1) is 0 Å². The summed E-state index contributed by atoms with van der Waals surface area (Å²) in [4.78, 5) is 20.9. The van der Waals surface area contributed by atoms with Gasteiger partial charge in [-0.25, -0.2) is 0 Å². The van der Waals surface area contributed by atoms with Crippen molar-refractivity contribution in [3.8, 4) is 5.75 Å². The predicted molar refractivity (Wildman–Crippen MR) is 62.1 cm³/mol. The Morgan fingerprint density at radius 3 is 2.56 bits per heavy atom. The molecule has 0 fully saturated rings. The highest BCUT2D eigenvalue weighted by Crippen LogP contribution is 2.13. The zero-order valence-electron chi connectivity index (χ0n) is 8.68. The predicted octanol–water partition coefficient (Wildman–Crippen LogP) is 1.81. The molecule has 0 bridgehead atoms. The lowest BCUT2D eigenvalue weighted by Crippen LogP contribution is -2.22. The number of rotatable bonds is 5. The Hall–Kier alpha value is -1.36. The number of carbonyl (C=O) groups excluding carboxylic acids is 2. The summed E-state index contributed by atoms with van der Waals surface area (Å²) in [6, 6.07) is 6.62. The third kappa shape index (κ3) is 3.66. The molecule has 1 aromatic rings. The van der Waals surface area contributed by atoms with Crippen molar-refractivity contribution in [3.05, 3.63) is 29.8 Å². The van der Waals surface area contributed by atoms with Gasteiger partial charge in [-0.15, -0.1) is 0 Å². The minimum atomic E-state index is -0.497. The molecule has 0 spiro atoms. The standard InChI is InChI=1S/C11H11BrO4/c1-15-11(14)10(12)7-16-9-4-2-8(6-13)3-5-9/h2-6,10H,7H2,1H3. The lowest BCUT2D eigenvalue weighted by atomic mass is 10.2. The van der Waals surface area contributed by atoms with Gasteiger partial charge in [-0.1, -0.05) is 15.9 Å². The maximum absolute atomic E-state index is 11.0. The van der Waals surface area contributed by atoms with Crippen LogP contribution < -0.4 is 4.74 Å². The third-order valence-corrected chi connectivity index (χ3v) is 2.51. The van der Waals surface area contributed by atoms with Crippen LogP contribution in [0.3, 0.4) is 0 Å². The van der Waals surface area contributed by atoms with Gasteiger partial charge in [0.1, 0.15) is 23.5 Å². The number of halogens is 1. The average molecular weight is 287 g/mol. The monoisotopic (exact) mass is 286 g/mol. The van der Waals surface area contributed by atoms with Crippen LogP contribution in [0.1, 0.15) is 10.4 Å². The normalized spacial score (nSPS) is 11.6. The fraction of sp³-hybridized carbons (Fsp3) is 0.273. The van der Waals surface area contributed by atoms with Gasteiger partial charge in [0.05, 0.1) is 7.11 Å². The zero-order valence-corrected chi connectivity index (χ0v) is 10.3. The summed E-state index contributed by atoms with van der Waals surface area (Å²) in [6.45, 7) is 0.174. The van der Waals surface area contributed by atoms with E-state index in [1.165, 1.54) is 7.11 Å². The summed E-state index contributed by atoms with van der Waals surface area (Å²) >= 11 is 3.13. The molecule has 0 aliphatic rings. The molecule has 0 saturated heterocycles. The molecular weight excluding hydrogens is 276 g/mol. The summed E-state index contributed by atoms with van der Waals surface area (Å²) in [5.74, 6) is 0.212. The van der Waals surface area contributed by atoms with Crippen molar-refractivity contribution in [2.24, 2.45) is 0 Å². The van der Waals surface area contributed by atoms with Crippen molar-refractivity contribution in [1.29, 1.82) is 0 Å². The maximum Gasteiger partial charge on any atom is 0.322 e. The summed E-state index contributed by atoms with van der Waals surface area (Å²) in [5.41, 5.74) is 0.579. The van der Waals surface area contributed by atoms with E-state index in [1.54, 1.807) is 24.3 Å². The molecular formula is C11H11BrO4. The highest BCUT2D eigenvalue weighted by molar-refractivity contribution is 9.10. The highest BCUT2D eigenvalue weighted by atomic mass is 79.9. The number of benzene rings is 1. The number of carbonyl (C=O) groups is 2. The molecule has 0 heterocycles. The Morgan fingerprint density at radius 1 is 1.44 bits per heavy atom. The van der Waals surface area contributed by atoms with E-state index in [1.807, 2.05) is 0 Å². The Bertz CT molecular complexity index is 361. The lowest BCUT2D eigenvalue weighted by molar-refractivity contribution is -0.140. The van der Waals surface area contributed by atoms with Crippen LogP contribution in [0.15, 0.2) is 24.3 Å². The second-order valence-corrected chi connectivity index (χ2v) is 4.09. The van der Waals surface area contributed by atoms with E-state index in [-0.39, 0.29) is 12.6 Å². The van der Waals surface area contributed by atoms with E-state index in [9.17, 15) is 9.59 Å². The van der Waals surface area contributed by atoms with Crippen molar-refractivity contribution in [2.45, 2.75) is 4.83 Å². The topological polar surface area (TPSA) is 52.6 Å². The molecule has 1 unspecified atom stereocenters. The molecule has 0 saturated carbocycles. The molecule has 0 aromatic heterocycles. The minimum absolute atomic E-state index is 0.174. The Morgan fingerprint density at radius 2 is 2.06 bits per heavy atom. The molecule has 1 rings (SSSR count). The number of esters is 1. The van der Waals surface area contributed by atoms with Crippen molar-refractivity contribution in [1.82, 2.24) is 0 Å². The number of alkyl halides is 1. The van der Waals surface area contributed by atoms with Crippen molar-refractivity contribution >= 4 is 28.2 Å². The van der Waals surface area contributed by atoms with E-state index in [4.69, 9.17) is 4.74 Å². The van der Waals surface area contributed by atoms with Gasteiger partial charge < -0.3 is 9.47 Å². The number of aldehydes is 1. The van der Waals surface area contributed by atoms with Crippen LogP contribution >= 0.6 is 15.9 Å². The first kappa shape index (κ1) is 12.7. The smallest absolute Gasteiger partial charge is 0.322 e. The number of hydrogen-bond donors (Lipinski definition) is 0. The summed E-state index contributed by atoms with van der Waals surface area (Å²) < 4.78 is 9.85. The van der Waals surface area contributed by atoms with Gasteiger partial charge >= 0.3 is 5.97 Å². The second-order valence-electron chi connectivity index (χ2n) is 2.99. The van der Waals surface area contributed by atoms with Crippen molar-refractivity contribution in [2.75, 3.05) is 13.7 Å². The van der Waals surface area contributed by atoms with Crippen LogP contribution in [0.25, 0.3) is 0 Å². The summed E-state index contributed by atoms with van der Waals surface area (Å²) in [5, 5.41) is 0. The molecule has 5 heteroatoms. The van der Waals surface area contributed by atoms with E-state index < -0.39 is 4.83 Å². The second kappa shape index (κ2) is 6.27. The fourth-order valence-corrected chi connectivity index (χ4v) is 1.33. The van der Waals surface area contributed by atoms with E-state index in [2.05, 4.69) is 20.7 Å². The minimum Gasteiger partial charge on any atom is -0.492 e. The van der Waals surface area contributed by atoms with E-state index in [0.29, 0.717) is 11.3 Å². The van der Waals surface area contributed by atoms with Gasteiger partial charge in [0.25, 0.3) is 0 Å². The molecule has 16 heavy (non-hydrogen) atoms. The largest absolute Gasteiger partial charge is 0.492 e. The van der Waals surface area contributed by atoms with Crippen LogP contribution in [-0.2, 0) is 9.53 Å². The van der Waals surface area contributed by atoms with Gasteiger partial charge in [0.15, 0.2) is 0 Å². The average Bonchev–Trinajstić information content (AvgIpc) is 2.35. The molecule has 4 nitrogen and oxygen atoms in total. The SMILES string of the molecule is COC(=O)C(Br)COc1ccc(C=O)cc1. The summed E-state index contributed by atoms with van der Waals surface area (Å²) in [7, 11) is 1.31. The molecule has 0 N–H and O–H groups in total. The first-order valence-electron chi connectivity index (χ1n) is 4.57. The molecule has 0 amide bonds. The van der Waals surface area contributed by atoms with Gasteiger partial charge in [0.2, 0.25) is 0 Å². The molecule has 0 radical (unpaired) electrons. The number of ether oxygens (including phenoxy) is 2. The van der Waals surface area contributed by atoms with Gasteiger partial charge in [-0.05, 0) is 24.3 Å². The summed E-state index contributed by atoms with van der Waals surface area (Å²) in [6.07, 6.45) is 0.755. The van der Waals surface area contributed by atoms with Crippen LogP contribution in [0.2, 0.25) is 0 Å². The zero-order chi connectivity index (χ0) is 12.0. The fourth-order valence-electron chi connectivity index (χ4n) is 1.01. The third-order valence-electron chi connectivity index (χ3n) is 1.87. The van der Waals surface area contributed by atoms with Gasteiger partial charge in [-0.2, -0.15) is 0 Å². The van der Waals surface area contributed by atoms with E-state index >= 15 is 0 Å². The van der Waals surface area contributed by atoms with Crippen molar-refractivity contribution < 1.29 is 19.1 Å². The molecule has 86 valence electrons. The van der Waals surface area contributed by atoms with E-state index in [0.717, 1.165) is 6.29 Å².